The van der Waals surface area contributed by atoms with Crippen molar-refractivity contribution in [2.45, 2.75) is 19.9 Å². The van der Waals surface area contributed by atoms with Crippen LogP contribution in [0.3, 0.4) is 0 Å². The summed E-state index contributed by atoms with van der Waals surface area (Å²) >= 11 is 2.26. The number of rotatable bonds is 6. The van der Waals surface area contributed by atoms with Gasteiger partial charge in [0, 0.05) is 14.8 Å². The molecule has 0 radical (unpaired) electrons. The average Bonchev–Trinajstić information content (AvgIpc) is 2.57. The van der Waals surface area contributed by atoms with Crippen LogP contribution in [-0.2, 0) is 4.79 Å². The molecule has 0 fully saturated rings. The average molecular weight is 437 g/mol. The van der Waals surface area contributed by atoms with Crippen LogP contribution in [0.25, 0.3) is 0 Å². The van der Waals surface area contributed by atoms with Crippen molar-refractivity contribution >= 4 is 40.4 Å². The summed E-state index contributed by atoms with van der Waals surface area (Å²) in [5.74, 6) is 0.496. The summed E-state index contributed by atoms with van der Waals surface area (Å²) in [7, 11) is 1.60. The molecule has 1 amide bonds. The normalized spacial score (nSPS) is 12.0. The van der Waals surface area contributed by atoms with E-state index in [0.717, 1.165) is 20.4 Å². The zero-order valence-electron chi connectivity index (χ0n) is 13.8. The number of nitrogens with one attached hydrogen (secondary N) is 2. The molecule has 0 aliphatic carbocycles. The number of methoxy groups -OCH3 is 1. The molecule has 0 saturated heterocycles. The van der Waals surface area contributed by atoms with Crippen molar-refractivity contribution < 1.29 is 9.53 Å². The molecule has 0 aliphatic heterocycles. The van der Waals surface area contributed by atoms with Gasteiger partial charge in [-0.2, -0.15) is 5.10 Å². The highest BCUT2D eigenvalue weighted by Gasteiger charge is 2.12. The number of anilines is 1. The van der Waals surface area contributed by atoms with Crippen molar-refractivity contribution in [3.63, 3.8) is 0 Å². The molecule has 6 heteroatoms. The monoisotopic (exact) mass is 437 g/mol. The second-order valence-corrected chi connectivity index (χ2v) is 6.55. The van der Waals surface area contributed by atoms with Gasteiger partial charge in [-0.25, -0.2) is 5.43 Å². The van der Waals surface area contributed by atoms with Crippen LogP contribution in [0.15, 0.2) is 47.6 Å². The molecule has 2 aromatic rings. The van der Waals surface area contributed by atoms with Gasteiger partial charge in [-0.15, -0.1) is 0 Å². The number of para-hydroxylation sites is 1. The number of ether oxygens (including phenoxy) is 1. The van der Waals surface area contributed by atoms with Crippen LogP contribution in [0.4, 0.5) is 5.69 Å². The highest BCUT2D eigenvalue weighted by molar-refractivity contribution is 14.1. The first-order valence-electron chi connectivity index (χ1n) is 7.50. The van der Waals surface area contributed by atoms with Crippen molar-refractivity contribution in [1.29, 1.82) is 0 Å². The second kappa shape index (κ2) is 8.68. The zero-order chi connectivity index (χ0) is 17.5. The number of amides is 1. The third-order valence-corrected chi connectivity index (χ3v) is 4.14. The molecule has 2 N–H and O–H groups in total. The standard InChI is InChI=1S/C18H20IN3O2/c1-12-10-15(19)8-9-16(12)21-13(2)18(23)22-20-11-14-6-4-5-7-17(14)24-3/h4-11,13,21H,1-3H3,(H,22,23)/b20-11-/t13-/m1/s1. The fourth-order valence-electron chi connectivity index (χ4n) is 2.12. The summed E-state index contributed by atoms with van der Waals surface area (Å²) in [4.78, 5) is 12.2. The molecule has 0 saturated carbocycles. The smallest absolute Gasteiger partial charge is 0.262 e. The highest BCUT2D eigenvalue weighted by Crippen LogP contribution is 2.18. The fraction of sp³-hybridized carbons (Fsp3) is 0.222. The lowest BCUT2D eigenvalue weighted by Crippen LogP contribution is -2.35. The first-order chi connectivity index (χ1) is 11.5. The third kappa shape index (κ3) is 4.95. The first-order valence-corrected chi connectivity index (χ1v) is 8.57. The maximum atomic E-state index is 12.2. The van der Waals surface area contributed by atoms with Crippen molar-refractivity contribution in [1.82, 2.24) is 5.43 Å². The van der Waals surface area contributed by atoms with Crippen LogP contribution in [-0.4, -0.2) is 25.3 Å². The van der Waals surface area contributed by atoms with Gasteiger partial charge in [0.15, 0.2) is 0 Å². The van der Waals surface area contributed by atoms with Gasteiger partial charge < -0.3 is 10.1 Å². The van der Waals surface area contributed by atoms with Crippen LogP contribution < -0.4 is 15.5 Å². The molecule has 1 atom stereocenters. The lowest BCUT2D eigenvalue weighted by atomic mass is 10.2. The van der Waals surface area contributed by atoms with Crippen molar-refractivity contribution in [3.8, 4) is 5.75 Å². The van der Waals surface area contributed by atoms with E-state index in [-0.39, 0.29) is 5.91 Å². The minimum Gasteiger partial charge on any atom is -0.496 e. The predicted molar refractivity (Wildman–Crippen MR) is 106 cm³/mol. The van der Waals surface area contributed by atoms with Crippen LogP contribution in [0.2, 0.25) is 0 Å². The lowest BCUT2D eigenvalue weighted by Gasteiger charge is -2.15. The van der Waals surface area contributed by atoms with E-state index in [0.29, 0.717) is 5.75 Å². The van der Waals surface area contributed by atoms with Gasteiger partial charge in [0.1, 0.15) is 11.8 Å². The SMILES string of the molecule is COc1ccccc1/C=N\NC(=O)[C@@H](C)Nc1ccc(I)cc1C. The second-order valence-electron chi connectivity index (χ2n) is 5.30. The Hall–Kier alpha value is -2.09. The Kier molecular flexibility index (Phi) is 6.60. The third-order valence-electron chi connectivity index (χ3n) is 3.47. The Morgan fingerprint density at radius 1 is 1.29 bits per heavy atom. The van der Waals surface area contributed by atoms with Crippen molar-refractivity contribution in [3.05, 3.63) is 57.2 Å². The molecule has 0 unspecified atom stereocenters. The number of carbonyl (C=O) groups is 1. The molecule has 0 aromatic heterocycles. The Morgan fingerprint density at radius 3 is 2.75 bits per heavy atom. The molecule has 24 heavy (non-hydrogen) atoms. The van der Waals surface area contributed by atoms with Gasteiger partial charge in [-0.3, -0.25) is 4.79 Å². The molecular formula is C18H20IN3O2. The zero-order valence-corrected chi connectivity index (χ0v) is 16.0. The number of benzene rings is 2. The van der Waals surface area contributed by atoms with Crippen molar-refractivity contribution in [2.24, 2.45) is 5.10 Å². The maximum absolute atomic E-state index is 12.2. The van der Waals surface area contributed by atoms with E-state index < -0.39 is 6.04 Å². The van der Waals surface area contributed by atoms with Gasteiger partial charge >= 0.3 is 0 Å². The highest BCUT2D eigenvalue weighted by atomic mass is 127. The summed E-state index contributed by atoms with van der Waals surface area (Å²) in [5.41, 5.74) is 5.38. The van der Waals surface area contributed by atoms with E-state index in [1.165, 1.54) is 0 Å². The summed E-state index contributed by atoms with van der Waals surface area (Å²) < 4.78 is 6.40. The van der Waals surface area contributed by atoms with Gasteiger partial charge in [-0.05, 0) is 72.3 Å². The number of hydrogen-bond acceptors (Lipinski definition) is 4. The number of aryl methyl sites for hydroxylation is 1. The van der Waals surface area contributed by atoms with E-state index >= 15 is 0 Å². The quantitative estimate of drug-likeness (QED) is 0.413. The van der Waals surface area contributed by atoms with E-state index in [4.69, 9.17) is 4.74 Å². The molecule has 0 bridgehead atoms. The molecule has 0 heterocycles. The van der Waals surface area contributed by atoms with Crippen molar-refractivity contribution in [2.75, 3.05) is 12.4 Å². The topological polar surface area (TPSA) is 62.7 Å². The molecular weight excluding hydrogens is 417 g/mol. The number of hydrogen-bond donors (Lipinski definition) is 2. The van der Waals surface area contributed by atoms with Crippen LogP contribution >= 0.6 is 22.6 Å². The summed E-state index contributed by atoms with van der Waals surface area (Å²) in [6.45, 7) is 3.81. The minimum absolute atomic E-state index is 0.209. The van der Waals surface area contributed by atoms with Crippen LogP contribution in [0.1, 0.15) is 18.1 Å². The molecule has 126 valence electrons. The molecule has 2 aromatic carbocycles. The van der Waals surface area contributed by atoms with E-state index in [1.54, 1.807) is 20.2 Å². The Morgan fingerprint density at radius 2 is 2.04 bits per heavy atom. The van der Waals surface area contributed by atoms with Gasteiger partial charge in [-0.1, -0.05) is 12.1 Å². The fourth-order valence-corrected chi connectivity index (χ4v) is 2.77. The number of hydrazone groups is 1. The number of halogens is 1. The number of nitrogens with zero attached hydrogens (tertiary/aromatic N) is 1. The maximum Gasteiger partial charge on any atom is 0.262 e. The van der Waals surface area contributed by atoms with E-state index in [1.807, 2.05) is 43.3 Å². The van der Waals surface area contributed by atoms with Gasteiger partial charge in [0.05, 0.1) is 13.3 Å². The lowest BCUT2D eigenvalue weighted by molar-refractivity contribution is -0.121. The van der Waals surface area contributed by atoms with E-state index in [2.05, 4.69) is 44.5 Å². The molecule has 5 nitrogen and oxygen atoms in total. The Balaban J connectivity index is 1.95. The van der Waals surface area contributed by atoms with E-state index in [9.17, 15) is 4.79 Å². The summed E-state index contributed by atoms with van der Waals surface area (Å²) in [6, 6.07) is 13.1. The van der Waals surface area contributed by atoms with Gasteiger partial charge in [0.2, 0.25) is 0 Å². The largest absolute Gasteiger partial charge is 0.496 e. The summed E-state index contributed by atoms with van der Waals surface area (Å²) in [5, 5.41) is 7.20. The summed E-state index contributed by atoms with van der Waals surface area (Å²) in [6.07, 6.45) is 1.57. The Bertz CT molecular complexity index is 747. The molecule has 2 rings (SSSR count). The van der Waals surface area contributed by atoms with Crippen LogP contribution in [0.5, 0.6) is 5.75 Å². The van der Waals surface area contributed by atoms with Crippen LogP contribution in [0, 0.1) is 10.5 Å². The predicted octanol–water partition coefficient (Wildman–Crippen LogP) is 3.56. The minimum atomic E-state index is -0.404. The molecule has 0 aliphatic rings. The van der Waals surface area contributed by atoms with Gasteiger partial charge in [0.25, 0.3) is 5.91 Å². The molecule has 0 spiro atoms. The Labute approximate surface area is 155 Å². The number of carbonyl (C=O) groups excluding carboxylic acids is 1. The first kappa shape index (κ1) is 18.3.